The molecule has 4 heteroatoms. The topological polar surface area (TPSA) is 58.6 Å². The number of hydrogen-bond donors (Lipinski definition) is 2. The fraction of sp³-hybridized carbons (Fsp3) is 0.300. The van der Waals surface area contributed by atoms with E-state index in [0.717, 1.165) is 11.1 Å². The van der Waals surface area contributed by atoms with Gasteiger partial charge in [0, 0.05) is 6.54 Å². The fourth-order valence-corrected chi connectivity index (χ4v) is 1.67. The minimum absolute atomic E-state index is 0.597. The molecule has 14 heavy (non-hydrogen) atoms. The lowest BCUT2D eigenvalue weighted by atomic mass is 10.0. The highest BCUT2D eigenvalue weighted by Gasteiger charge is 2.27. The number of hydrogen-bond acceptors (Lipinski definition) is 3. The van der Waals surface area contributed by atoms with Crippen LogP contribution in [0.25, 0.3) is 0 Å². The smallest absolute Gasteiger partial charge is 0.325 e. The van der Waals surface area contributed by atoms with Crippen LogP contribution in [-0.2, 0) is 11.3 Å². The molecular weight excluding hydrogens is 182 g/mol. The molecular formula is C10H11NO3. The van der Waals surface area contributed by atoms with Gasteiger partial charge in [-0.2, -0.15) is 0 Å². The number of nitrogens with one attached hydrogen (secondary N) is 1. The lowest BCUT2D eigenvalue weighted by Gasteiger charge is -2.07. The number of fused-ring (bicyclic) bond motifs is 1. The van der Waals surface area contributed by atoms with Crippen molar-refractivity contribution in [2.24, 2.45) is 0 Å². The Bertz CT molecular complexity index is 376. The van der Waals surface area contributed by atoms with Crippen molar-refractivity contribution < 1.29 is 14.6 Å². The molecule has 0 fully saturated rings. The van der Waals surface area contributed by atoms with Gasteiger partial charge in [0.05, 0.1) is 7.11 Å². The van der Waals surface area contributed by atoms with E-state index in [1.807, 2.05) is 12.1 Å². The van der Waals surface area contributed by atoms with Crippen LogP contribution in [0.1, 0.15) is 17.2 Å². The molecule has 0 radical (unpaired) electrons. The second-order valence-corrected chi connectivity index (χ2v) is 3.22. The van der Waals surface area contributed by atoms with E-state index in [4.69, 9.17) is 9.84 Å². The van der Waals surface area contributed by atoms with E-state index in [9.17, 15) is 4.79 Å². The zero-order valence-electron chi connectivity index (χ0n) is 7.78. The molecule has 1 unspecified atom stereocenters. The molecule has 74 valence electrons. The molecule has 0 saturated carbocycles. The molecule has 1 aliphatic rings. The van der Waals surface area contributed by atoms with Crippen molar-refractivity contribution >= 4 is 5.97 Å². The van der Waals surface area contributed by atoms with Crippen LogP contribution in [0.15, 0.2) is 18.2 Å². The molecule has 1 aromatic carbocycles. The van der Waals surface area contributed by atoms with Gasteiger partial charge in [0.2, 0.25) is 0 Å². The van der Waals surface area contributed by atoms with Crippen molar-refractivity contribution in [1.29, 1.82) is 0 Å². The molecule has 0 aliphatic carbocycles. The van der Waals surface area contributed by atoms with Gasteiger partial charge in [-0.15, -0.1) is 0 Å². The first-order valence-corrected chi connectivity index (χ1v) is 4.35. The first-order chi connectivity index (χ1) is 6.72. The molecule has 1 atom stereocenters. The van der Waals surface area contributed by atoms with Crippen LogP contribution in [0.4, 0.5) is 0 Å². The highest BCUT2D eigenvalue weighted by Crippen LogP contribution is 2.28. The largest absolute Gasteiger partial charge is 0.497 e. The van der Waals surface area contributed by atoms with Crippen LogP contribution in [0.5, 0.6) is 5.75 Å². The number of methoxy groups -OCH3 is 1. The van der Waals surface area contributed by atoms with Gasteiger partial charge in [0.15, 0.2) is 0 Å². The average Bonchev–Trinajstić information content (AvgIpc) is 2.59. The van der Waals surface area contributed by atoms with Gasteiger partial charge in [-0.25, -0.2) is 0 Å². The summed E-state index contributed by atoms with van der Waals surface area (Å²) in [4.78, 5) is 10.9. The maximum absolute atomic E-state index is 10.9. The summed E-state index contributed by atoms with van der Waals surface area (Å²) in [6, 6.07) is 4.91. The monoisotopic (exact) mass is 193 g/mol. The fourth-order valence-electron chi connectivity index (χ4n) is 1.67. The van der Waals surface area contributed by atoms with Crippen molar-refractivity contribution in [3.63, 3.8) is 0 Å². The maximum Gasteiger partial charge on any atom is 0.325 e. The van der Waals surface area contributed by atoms with Gasteiger partial charge in [-0.05, 0) is 23.3 Å². The van der Waals surface area contributed by atoms with Crippen LogP contribution in [-0.4, -0.2) is 18.2 Å². The average molecular weight is 193 g/mol. The molecule has 0 spiro atoms. The molecule has 2 N–H and O–H groups in total. The maximum atomic E-state index is 10.9. The van der Waals surface area contributed by atoms with Gasteiger partial charge >= 0.3 is 5.97 Å². The first kappa shape index (κ1) is 9.02. The molecule has 1 aromatic rings. The second-order valence-electron chi connectivity index (χ2n) is 3.22. The quantitative estimate of drug-likeness (QED) is 0.733. The Kier molecular flexibility index (Phi) is 2.13. The van der Waals surface area contributed by atoms with Crippen molar-refractivity contribution in [3.05, 3.63) is 29.3 Å². The third-order valence-corrected chi connectivity index (χ3v) is 2.41. The summed E-state index contributed by atoms with van der Waals surface area (Å²) in [5, 5.41) is 11.8. The van der Waals surface area contributed by atoms with Crippen molar-refractivity contribution in [3.8, 4) is 5.75 Å². The summed E-state index contributed by atoms with van der Waals surface area (Å²) < 4.78 is 5.05. The first-order valence-electron chi connectivity index (χ1n) is 4.35. The van der Waals surface area contributed by atoms with Crippen molar-refractivity contribution in [2.75, 3.05) is 7.11 Å². The van der Waals surface area contributed by atoms with E-state index in [1.165, 1.54) is 0 Å². The van der Waals surface area contributed by atoms with E-state index in [-0.39, 0.29) is 0 Å². The van der Waals surface area contributed by atoms with Gasteiger partial charge in [0.1, 0.15) is 11.8 Å². The second kappa shape index (κ2) is 3.31. The van der Waals surface area contributed by atoms with Crippen LogP contribution >= 0.6 is 0 Å². The molecule has 0 amide bonds. The summed E-state index contributed by atoms with van der Waals surface area (Å²) in [6.07, 6.45) is 0. The third kappa shape index (κ3) is 1.33. The highest BCUT2D eigenvalue weighted by molar-refractivity contribution is 5.77. The standard InChI is InChI=1S/C10H11NO3/c1-14-7-3-2-6-5-11-9(10(12)13)8(6)4-7/h2-4,9,11H,5H2,1H3,(H,12,13). The van der Waals surface area contributed by atoms with Crippen molar-refractivity contribution in [1.82, 2.24) is 5.32 Å². The molecule has 0 bridgehead atoms. The van der Waals surface area contributed by atoms with Crippen LogP contribution < -0.4 is 10.1 Å². The Labute approximate surface area is 81.5 Å². The van der Waals surface area contributed by atoms with E-state index < -0.39 is 12.0 Å². The molecule has 2 rings (SSSR count). The van der Waals surface area contributed by atoms with E-state index in [1.54, 1.807) is 13.2 Å². The Balaban J connectivity index is 2.41. The van der Waals surface area contributed by atoms with E-state index >= 15 is 0 Å². The summed E-state index contributed by atoms with van der Waals surface area (Å²) >= 11 is 0. The number of benzene rings is 1. The van der Waals surface area contributed by atoms with Crippen LogP contribution in [0.3, 0.4) is 0 Å². The lowest BCUT2D eigenvalue weighted by molar-refractivity contribution is -0.139. The van der Waals surface area contributed by atoms with Crippen LogP contribution in [0.2, 0.25) is 0 Å². The molecule has 1 aliphatic heterocycles. The molecule has 0 aromatic heterocycles. The number of ether oxygens (including phenoxy) is 1. The summed E-state index contributed by atoms with van der Waals surface area (Å²) in [6.45, 7) is 0.607. The summed E-state index contributed by atoms with van der Waals surface area (Å²) in [5.74, 6) is -0.157. The number of rotatable bonds is 2. The number of carboxylic acid groups (broad SMARTS) is 1. The Morgan fingerprint density at radius 2 is 2.43 bits per heavy atom. The Morgan fingerprint density at radius 1 is 1.64 bits per heavy atom. The SMILES string of the molecule is COc1ccc2c(c1)C(C(=O)O)NC2. The molecule has 4 nitrogen and oxygen atoms in total. The number of carbonyl (C=O) groups is 1. The minimum Gasteiger partial charge on any atom is -0.497 e. The normalized spacial score (nSPS) is 19.1. The highest BCUT2D eigenvalue weighted by atomic mass is 16.5. The predicted molar refractivity (Wildman–Crippen MR) is 50.2 cm³/mol. The third-order valence-electron chi connectivity index (χ3n) is 2.41. The summed E-state index contributed by atoms with van der Waals surface area (Å²) in [5.41, 5.74) is 1.83. The Morgan fingerprint density at radius 3 is 3.07 bits per heavy atom. The lowest BCUT2D eigenvalue weighted by Crippen LogP contribution is -2.21. The number of carboxylic acids is 1. The van der Waals surface area contributed by atoms with E-state index in [0.29, 0.717) is 12.3 Å². The van der Waals surface area contributed by atoms with Crippen LogP contribution in [0, 0.1) is 0 Å². The zero-order chi connectivity index (χ0) is 10.1. The van der Waals surface area contributed by atoms with E-state index in [2.05, 4.69) is 5.32 Å². The molecule has 0 saturated heterocycles. The molecule has 1 heterocycles. The van der Waals surface area contributed by atoms with Crippen molar-refractivity contribution in [2.45, 2.75) is 12.6 Å². The number of aliphatic carboxylic acids is 1. The minimum atomic E-state index is -0.850. The van der Waals surface area contributed by atoms with Gasteiger partial charge in [-0.3, -0.25) is 10.1 Å². The van der Waals surface area contributed by atoms with Gasteiger partial charge in [-0.1, -0.05) is 6.07 Å². The van der Waals surface area contributed by atoms with Gasteiger partial charge in [0.25, 0.3) is 0 Å². The predicted octanol–water partition coefficient (Wildman–Crippen LogP) is 0.924. The zero-order valence-corrected chi connectivity index (χ0v) is 7.78. The van der Waals surface area contributed by atoms with Gasteiger partial charge < -0.3 is 9.84 Å². The Hall–Kier alpha value is -1.55. The summed E-state index contributed by atoms with van der Waals surface area (Å²) in [7, 11) is 1.57.